The van der Waals surface area contributed by atoms with Gasteiger partial charge >= 0.3 is 6.03 Å². The van der Waals surface area contributed by atoms with Gasteiger partial charge in [-0.05, 0) is 29.7 Å². The van der Waals surface area contributed by atoms with E-state index in [0.29, 0.717) is 25.5 Å². The first-order valence-corrected chi connectivity index (χ1v) is 8.49. The quantitative estimate of drug-likeness (QED) is 0.776. The average Bonchev–Trinajstić information content (AvgIpc) is 3.22. The largest absolute Gasteiger partial charge is 0.368 e. The fourth-order valence-corrected chi connectivity index (χ4v) is 3.61. The van der Waals surface area contributed by atoms with Crippen molar-refractivity contribution in [2.75, 3.05) is 25.0 Å². The second kappa shape index (κ2) is 6.21. The van der Waals surface area contributed by atoms with Gasteiger partial charge in [0.15, 0.2) is 5.82 Å². The summed E-state index contributed by atoms with van der Waals surface area (Å²) < 4.78 is 13.0. The van der Waals surface area contributed by atoms with Gasteiger partial charge in [-0.2, -0.15) is 9.47 Å². The van der Waals surface area contributed by atoms with Crippen LogP contribution in [-0.4, -0.2) is 44.8 Å². The van der Waals surface area contributed by atoms with E-state index in [1.165, 1.54) is 11.5 Å². The Bertz CT molecular complexity index is 874. The number of anilines is 1. The second-order valence-corrected chi connectivity index (χ2v) is 6.45. The fraction of sp³-hybridized carbons (Fsp3) is 0.312. The lowest BCUT2D eigenvalue weighted by atomic mass is 10.2. The number of benzene rings is 1. The predicted octanol–water partition coefficient (Wildman–Crippen LogP) is 2.64. The predicted molar refractivity (Wildman–Crippen MR) is 92.1 cm³/mol. The van der Waals surface area contributed by atoms with Gasteiger partial charge in [-0.3, -0.25) is 10.00 Å². The highest BCUT2D eigenvalue weighted by molar-refractivity contribution is 7.13. The summed E-state index contributed by atoms with van der Waals surface area (Å²) in [6, 6.07) is 9.63. The van der Waals surface area contributed by atoms with E-state index < -0.39 is 0 Å². The third-order valence-corrected chi connectivity index (χ3v) is 4.97. The lowest BCUT2D eigenvalue weighted by Crippen LogP contribution is -2.44. The number of carbonyl (C=O) groups excluding carboxylic acids is 1. The van der Waals surface area contributed by atoms with Crippen LogP contribution in [0, 0.1) is 0 Å². The molecular weight excluding hydrogens is 326 g/mol. The van der Waals surface area contributed by atoms with Crippen LogP contribution in [-0.2, 0) is 11.8 Å². The maximum atomic E-state index is 12.6. The van der Waals surface area contributed by atoms with Crippen LogP contribution >= 0.6 is 11.5 Å². The molecule has 4 rings (SSSR count). The van der Waals surface area contributed by atoms with Gasteiger partial charge in [0.1, 0.15) is 6.10 Å². The molecule has 3 aromatic rings. The van der Waals surface area contributed by atoms with Crippen molar-refractivity contribution in [2.45, 2.75) is 6.10 Å². The molecule has 7 nitrogen and oxygen atoms in total. The van der Waals surface area contributed by atoms with E-state index >= 15 is 0 Å². The minimum Gasteiger partial charge on any atom is -0.368 e. The van der Waals surface area contributed by atoms with E-state index in [4.69, 9.17) is 4.74 Å². The van der Waals surface area contributed by atoms with Crippen LogP contribution in [0.1, 0.15) is 11.8 Å². The van der Waals surface area contributed by atoms with Crippen LogP contribution in [0.2, 0.25) is 0 Å². The number of urea groups is 1. The Balaban J connectivity index is 1.49. The van der Waals surface area contributed by atoms with Gasteiger partial charge in [0.2, 0.25) is 0 Å². The van der Waals surface area contributed by atoms with Crippen molar-refractivity contribution in [2.24, 2.45) is 7.05 Å². The molecule has 1 saturated heterocycles. The Morgan fingerprint density at radius 1 is 1.38 bits per heavy atom. The molecule has 1 fully saturated rings. The van der Waals surface area contributed by atoms with Crippen molar-refractivity contribution in [1.82, 2.24) is 19.1 Å². The summed E-state index contributed by atoms with van der Waals surface area (Å²) in [5.41, 5.74) is 0.964. The lowest BCUT2D eigenvalue weighted by molar-refractivity contribution is -0.0175. The summed E-state index contributed by atoms with van der Waals surface area (Å²) in [6.45, 7) is 1.55. The van der Waals surface area contributed by atoms with E-state index in [-0.39, 0.29) is 12.1 Å². The van der Waals surface area contributed by atoms with Gasteiger partial charge in [0.25, 0.3) is 0 Å². The number of carbonyl (C=O) groups is 1. The highest BCUT2D eigenvalue weighted by Crippen LogP contribution is 2.27. The number of aromatic nitrogens is 3. The van der Waals surface area contributed by atoms with Crippen LogP contribution in [0.25, 0.3) is 10.1 Å². The number of nitrogens with one attached hydrogen (secondary N) is 1. The molecule has 24 heavy (non-hydrogen) atoms. The maximum absolute atomic E-state index is 12.6. The van der Waals surface area contributed by atoms with Crippen LogP contribution < -0.4 is 5.32 Å². The molecule has 0 bridgehead atoms. The van der Waals surface area contributed by atoms with Crippen molar-refractivity contribution in [3.63, 3.8) is 0 Å². The van der Waals surface area contributed by atoms with Crippen LogP contribution in [0.5, 0.6) is 0 Å². The highest BCUT2D eigenvalue weighted by Gasteiger charge is 2.27. The normalized spacial score (nSPS) is 18.0. The Morgan fingerprint density at radius 2 is 2.25 bits per heavy atom. The molecule has 124 valence electrons. The Hall–Kier alpha value is -2.45. The van der Waals surface area contributed by atoms with Crippen molar-refractivity contribution in [1.29, 1.82) is 0 Å². The number of aryl methyl sites for hydroxylation is 1. The summed E-state index contributed by atoms with van der Waals surface area (Å²) in [4.78, 5) is 14.4. The number of ether oxygens (including phenoxy) is 1. The van der Waals surface area contributed by atoms with Crippen LogP contribution in [0.15, 0.2) is 36.5 Å². The molecule has 1 atom stereocenters. The summed E-state index contributed by atoms with van der Waals surface area (Å²) in [6.07, 6.45) is 1.57. The van der Waals surface area contributed by atoms with E-state index in [0.717, 1.165) is 15.8 Å². The van der Waals surface area contributed by atoms with E-state index in [9.17, 15) is 4.79 Å². The number of nitrogens with zero attached hydrogens (tertiary/aromatic N) is 4. The fourth-order valence-electron chi connectivity index (χ4n) is 2.87. The summed E-state index contributed by atoms with van der Waals surface area (Å²) in [5, 5.41) is 8.05. The molecule has 0 aliphatic carbocycles. The monoisotopic (exact) mass is 343 g/mol. The second-order valence-electron chi connectivity index (χ2n) is 5.64. The summed E-state index contributed by atoms with van der Waals surface area (Å²) in [7, 11) is 1.87. The number of morpholine rings is 1. The molecule has 1 aromatic carbocycles. The minimum absolute atomic E-state index is 0.151. The highest BCUT2D eigenvalue weighted by atomic mass is 32.1. The lowest BCUT2D eigenvalue weighted by Gasteiger charge is -2.32. The molecule has 1 aliphatic heterocycles. The molecule has 2 aromatic heterocycles. The van der Waals surface area contributed by atoms with Crippen molar-refractivity contribution < 1.29 is 9.53 Å². The number of amides is 2. The standard InChI is InChI=1S/C16H17N5O2S/c1-20-12(6-7-17-20)13-10-21(8-9-23-13)16(22)18-15-11-4-2-3-5-14(11)24-19-15/h2-7,13H,8-10H2,1H3,(H,18,19,22)/t13-/m0/s1. The van der Waals surface area contributed by atoms with E-state index in [1.54, 1.807) is 15.8 Å². The zero-order valence-electron chi connectivity index (χ0n) is 13.2. The molecule has 0 unspecified atom stereocenters. The molecule has 8 heteroatoms. The zero-order chi connectivity index (χ0) is 16.5. The molecule has 0 saturated carbocycles. The molecular formula is C16H17N5O2S. The van der Waals surface area contributed by atoms with E-state index in [2.05, 4.69) is 14.8 Å². The molecule has 1 N–H and O–H groups in total. The van der Waals surface area contributed by atoms with E-state index in [1.807, 2.05) is 37.4 Å². The van der Waals surface area contributed by atoms with Gasteiger partial charge in [-0.1, -0.05) is 12.1 Å². The number of rotatable bonds is 2. The van der Waals surface area contributed by atoms with Gasteiger partial charge in [0.05, 0.1) is 23.5 Å². The van der Waals surface area contributed by atoms with Crippen LogP contribution in [0.4, 0.5) is 10.6 Å². The molecule has 0 spiro atoms. The van der Waals surface area contributed by atoms with Crippen LogP contribution in [0.3, 0.4) is 0 Å². The maximum Gasteiger partial charge on any atom is 0.323 e. The number of hydrogen-bond acceptors (Lipinski definition) is 5. The Morgan fingerprint density at radius 3 is 3.08 bits per heavy atom. The third kappa shape index (κ3) is 2.74. The van der Waals surface area contributed by atoms with Crippen molar-refractivity contribution in [3.8, 4) is 0 Å². The Labute approximate surface area is 143 Å². The third-order valence-electron chi connectivity index (χ3n) is 4.15. The number of fused-ring (bicyclic) bond motifs is 1. The first-order valence-electron chi connectivity index (χ1n) is 7.72. The Kier molecular flexibility index (Phi) is 3.91. The van der Waals surface area contributed by atoms with Crippen molar-refractivity contribution >= 4 is 33.5 Å². The van der Waals surface area contributed by atoms with Gasteiger partial charge < -0.3 is 9.64 Å². The molecule has 3 heterocycles. The molecule has 1 aliphatic rings. The van der Waals surface area contributed by atoms with Crippen molar-refractivity contribution in [3.05, 3.63) is 42.2 Å². The zero-order valence-corrected chi connectivity index (χ0v) is 14.0. The topological polar surface area (TPSA) is 72.3 Å². The summed E-state index contributed by atoms with van der Waals surface area (Å²) >= 11 is 1.38. The molecule has 2 amide bonds. The van der Waals surface area contributed by atoms with Gasteiger partial charge in [-0.25, -0.2) is 4.79 Å². The average molecular weight is 343 g/mol. The first kappa shape index (κ1) is 15.1. The number of hydrogen-bond donors (Lipinski definition) is 1. The SMILES string of the molecule is Cn1nccc1[C@@H]1CN(C(=O)Nc2nsc3ccccc23)CCO1. The minimum atomic E-state index is -0.163. The molecule has 0 radical (unpaired) electrons. The first-order chi connectivity index (χ1) is 11.7. The summed E-state index contributed by atoms with van der Waals surface area (Å²) in [5.74, 6) is 0.615. The smallest absolute Gasteiger partial charge is 0.323 e. The van der Waals surface area contributed by atoms with Gasteiger partial charge in [-0.15, -0.1) is 0 Å². The van der Waals surface area contributed by atoms with Gasteiger partial charge in [0, 0.05) is 25.2 Å².